The molecule has 0 aromatic heterocycles. The van der Waals surface area contributed by atoms with E-state index in [0.717, 1.165) is 128 Å². The number of allylic oxidation sites excluding steroid dienone is 28. The van der Waals surface area contributed by atoms with Gasteiger partial charge in [0.25, 0.3) is 6.29 Å². The van der Waals surface area contributed by atoms with Crippen molar-refractivity contribution in [3.05, 3.63) is 170 Å². The fourth-order valence-corrected chi connectivity index (χ4v) is 7.74. The summed E-state index contributed by atoms with van der Waals surface area (Å²) in [5.41, 5.74) is 0. The maximum atomic E-state index is 12.9. The highest BCUT2D eigenvalue weighted by molar-refractivity contribution is 5.71. The Hall–Kier alpha value is -5.35. The highest BCUT2D eigenvalue weighted by Crippen LogP contribution is 2.14. The van der Waals surface area contributed by atoms with Gasteiger partial charge in [0.2, 0.25) is 0 Å². The van der Waals surface area contributed by atoms with E-state index < -0.39 is 30.3 Å². The van der Waals surface area contributed by atoms with Crippen molar-refractivity contribution in [2.24, 2.45) is 0 Å². The van der Waals surface area contributed by atoms with Crippen molar-refractivity contribution < 1.29 is 42.9 Å². The normalized spacial score (nSPS) is 13.9. The molecule has 0 saturated carbocycles. The number of carboxylic acids is 1. The summed E-state index contributed by atoms with van der Waals surface area (Å²) in [6.45, 7) is 4.56. The molecule has 454 valence electrons. The van der Waals surface area contributed by atoms with Gasteiger partial charge in [-0.15, -0.1) is 0 Å². The zero-order chi connectivity index (χ0) is 59.1. The lowest BCUT2D eigenvalue weighted by Crippen LogP contribution is -2.40. The lowest BCUT2D eigenvalue weighted by atomic mass is 10.0. The van der Waals surface area contributed by atoms with E-state index in [4.69, 9.17) is 18.9 Å². The second kappa shape index (κ2) is 60.7. The lowest BCUT2D eigenvalue weighted by molar-refractivity contribution is -0.870. The number of hydrogen-bond donors (Lipinski definition) is 1. The molecule has 2 atom stereocenters. The van der Waals surface area contributed by atoms with Gasteiger partial charge in [-0.25, -0.2) is 4.79 Å². The lowest BCUT2D eigenvalue weighted by Gasteiger charge is -2.25. The molecule has 0 aliphatic heterocycles. The van der Waals surface area contributed by atoms with Gasteiger partial charge in [0.1, 0.15) is 13.2 Å². The summed E-state index contributed by atoms with van der Waals surface area (Å²) in [4.78, 5) is 37.4. The Balaban J connectivity index is 4.18. The zero-order valence-corrected chi connectivity index (χ0v) is 51.6. The van der Waals surface area contributed by atoms with Gasteiger partial charge >= 0.3 is 17.9 Å². The van der Waals surface area contributed by atoms with Crippen LogP contribution in [0.3, 0.4) is 0 Å². The SMILES string of the molecule is CC/C=C\C/C=C\C/C=C\C/C=C\C/C=C\C/C=C\C/C=C\C/C=C\C/C=C\C/C=C\CCCCCCCCCCCCC(=O)OC(COC(=O)CCCC/C=C\C/C=C\C/C=C\C/C=C\CC)COC(OCC[N+](C)(C)C)C(=O)O. The number of ether oxygens (including phenoxy) is 4. The molecule has 0 radical (unpaired) electrons. The number of carboxylic acid groups (broad SMARTS) is 1. The largest absolute Gasteiger partial charge is 0.477 e. The first-order chi connectivity index (χ1) is 39.6. The minimum absolute atomic E-state index is 0.171. The summed E-state index contributed by atoms with van der Waals surface area (Å²) in [6, 6.07) is 0. The first kappa shape index (κ1) is 75.7. The summed E-state index contributed by atoms with van der Waals surface area (Å²) >= 11 is 0. The van der Waals surface area contributed by atoms with Gasteiger partial charge in [-0.05, 0) is 128 Å². The van der Waals surface area contributed by atoms with Crippen LogP contribution in [0.1, 0.15) is 206 Å². The van der Waals surface area contributed by atoms with Crippen LogP contribution in [0, 0.1) is 0 Å². The predicted molar refractivity (Wildman–Crippen MR) is 345 cm³/mol. The molecule has 9 heteroatoms. The average molecular weight is 1120 g/mol. The first-order valence-electron chi connectivity index (χ1n) is 31.3. The molecule has 0 bridgehead atoms. The number of hydrogen-bond acceptors (Lipinski definition) is 7. The molecule has 0 spiro atoms. The van der Waals surface area contributed by atoms with E-state index in [2.05, 4.69) is 184 Å². The molecular weight excluding hydrogens is 1010 g/mol. The first-order valence-corrected chi connectivity index (χ1v) is 31.3. The smallest absolute Gasteiger partial charge is 0.361 e. The average Bonchev–Trinajstić information content (AvgIpc) is 3.44. The van der Waals surface area contributed by atoms with Crippen molar-refractivity contribution in [3.63, 3.8) is 0 Å². The summed E-state index contributed by atoms with van der Waals surface area (Å²) in [5, 5.41) is 9.70. The Bertz CT molecular complexity index is 1930. The summed E-state index contributed by atoms with van der Waals surface area (Å²) in [7, 11) is 5.94. The summed E-state index contributed by atoms with van der Waals surface area (Å²) in [6.07, 6.45) is 88.9. The van der Waals surface area contributed by atoms with Crippen LogP contribution < -0.4 is 0 Å². The molecule has 0 heterocycles. The number of unbranched alkanes of at least 4 members (excludes halogenated alkanes) is 12. The topological polar surface area (TPSA) is 108 Å². The number of rotatable bonds is 55. The fourth-order valence-electron chi connectivity index (χ4n) is 7.74. The Labute approximate surface area is 495 Å². The molecule has 1 N–H and O–H groups in total. The molecule has 0 rings (SSSR count). The van der Waals surface area contributed by atoms with Crippen molar-refractivity contribution in [1.29, 1.82) is 0 Å². The number of aliphatic carboxylic acids is 1. The van der Waals surface area contributed by atoms with Crippen molar-refractivity contribution in [2.45, 2.75) is 219 Å². The quantitative estimate of drug-likeness (QED) is 0.0211. The van der Waals surface area contributed by atoms with Gasteiger partial charge in [0.05, 0.1) is 34.4 Å². The molecule has 0 aromatic rings. The second-order valence-electron chi connectivity index (χ2n) is 21.2. The van der Waals surface area contributed by atoms with E-state index in [9.17, 15) is 19.5 Å². The van der Waals surface area contributed by atoms with Crippen molar-refractivity contribution in [1.82, 2.24) is 0 Å². The van der Waals surface area contributed by atoms with Gasteiger partial charge in [-0.2, -0.15) is 0 Å². The highest BCUT2D eigenvalue weighted by Gasteiger charge is 2.25. The van der Waals surface area contributed by atoms with Crippen LogP contribution in [0.4, 0.5) is 0 Å². The van der Waals surface area contributed by atoms with Crippen LogP contribution in [0.2, 0.25) is 0 Å². The van der Waals surface area contributed by atoms with E-state index in [1.165, 1.54) is 38.5 Å². The van der Waals surface area contributed by atoms with Crippen LogP contribution in [-0.2, 0) is 33.3 Å². The molecule has 2 unspecified atom stereocenters. The second-order valence-corrected chi connectivity index (χ2v) is 21.2. The predicted octanol–water partition coefficient (Wildman–Crippen LogP) is 19.1. The Morgan fingerprint density at radius 2 is 0.667 bits per heavy atom. The molecule has 0 saturated heterocycles. The van der Waals surface area contributed by atoms with Gasteiger partial charge in [-0.1, -0.05) is 235 Å². The monoisotopic (exact) mass is 1120 g/mol. The number of likely N-dealkylation sites (N-methyl/N-ethyl adjacent to an activating group) is 1. The van der Waals surface area contributed by atoms with Crippen LogP contribution in [0.5, 0.6) is 0 Å². The van der Waals surface area contributed by atoms with E-state index in [0.29, 0.717) is 23.9 Å². The van der Waals surface area contributed by atoms with Crippen molar-refractivity contribution >= 4 is 17.9 Å². The van der Waals surface area contributed by atoms with Gasteiger partial charge < -0.3 is 28.5 Å². The van der Waals surface area contributed by atoms with Gasteiger partial charge in [-0.3, -0.25) is 9.59 Å². The Morgan fingerprint density at radius 3 is 1.01 bits per heavy atom. The number of nitrogens with zero attached hydrogens (tertiary/aromatic N) is 1. The third-order valence-corrected chi connectivity index (χ3v) is 12.5. The van der Waals surface area contributed by atoms with Crippen LogP contribution in [0.25, 0.3) is 0 Å². The Kier molecular flexibility index (Phi) is 56.7. The number of carbonyl (C=O) groups excluding carboxylic acids is 2. The third kappa shape index (κ3) is 62.1. The van der Waals surface area contributed by atoms with Crippen LogP contribution >= 0.6 is 0 Å². The molecular formula is C72H114NO8+. The molecule has 0 aliphatic carbocycles. The zero-order valence-electron chi connectivity index (χ0n) is 51.6. The summed E-state index contributed by atoms with van der Waals surface area (Å²) < 4.78 is 22.8. The minimum Gasteiger partial charge on any atom is -0.477 e. The third-order valence-electron chi connectivity index (χ3n) is 12.5. The maximum absolute atomic E-state index is 12.9. The van der Waals surface area contributed by atoms with Gasteiger partial charge in [0, 0.05) is 12.8 Å². The van der Waals surface area contributed by atoms with Crippen molar-refractivity contribution in [3.8, 4) is 0 Å². The minimum atomic E-state index is -1.53. The van der Waals surface area contributed by atoms with Crippen molar-refractivity contribution in [2.75, 3.05) is 47.5 Å². The number of esters is 2. The molecule has 0 aliphatic rings. The molecule has 81 heavy (non-hydrogen) atoms. The fraction of sp³-hybridized carbons (Fsp3) is 0.569. The number of carbonyl (C=O) groups is 3. The standard InChI is InChI=1S/C72H113NO8/c1-6-8-10-12-14-16-18-20-22-23-24-25-26-27-28-29-30-31-32-33-34-35-36-37-38-39-40-41-42-43-44-45-46-47-49-51-53-55-57-59-61-63-70(75)81-68(67-80-72(71(76)77)78-65-64-73(3,4)5)66-79-69(74)62-60-58-56-54-52-50-48-21-19-17-15-13-11-9-7-2/h8-11,14-17,20-22,24-25,27-28,30-31,33-34,36-37,39-40,42-43,48,52,54,68,72H,6-7,12-13,18-19,23,26,29,32,35,38,41,44-47,49-51,53,55-67H2,1-5H3/p+1/b10-8-,11-9-,16-14-,17-15-,22-20-,25-24-,28-27-,31-30-,34-33-,37-36-,40-39-,43-42-,48-21-,54-52-. The maximum Gasteiger partial charge on any atom is 0.361 e. The molecule has 0 aromatic carbocycles. The van der Waals surface area contributed by atoms with E-state index >= 15 is 0 Å². The number of quaternary nitrogens is 1. The van der Waals surface area contributed by atoms with E-state index in [1.54, 1.807) is 0 Å². The highest BCUT2D eigenvalue weighted by atomic mass is 16.7. The molecule has 0 amide bonds. The van der Waals surface area contributed by atoms with Gasteiger partial charge in [0.15, 0.2) is 6.10 Å². The van der Waals surface area contributed by atoms with Crippen LogP contribution in [0.15, 0.2) is 170 Å². The van der Waals surface area contributed by atoms with Crippen LogP contribution in [-0.4, -0.2) is 87.4 Å². The Morgan fingerprint density at radius 1 is 0.370 bits per heavy atom. The summed E-state index contributed by atoms with van der Waals surface area (Å²) in [5.74, 6) is -2.09. The van der Waals surface area contributed by atoms with E-state index in [-0.39, 0.29) is 32.7 Å². The van der Waals surface area contributed by atoms with E-state index in [1.807, 2.05) is 21.1 Å². The molecule has 9 nitrogen and oxygen atoms in total. The molecule has 0 fully saturated rings.